The van der Waals surface area contributed by atoms with Gasteiger partial charge in [-0.15, -0.1) is 11.6 Å². The second-order valence-corrected chi connectivity index (χ2v) is 11.3. The molecule has 4 rings (SSSR count). The van der Waals surface area contributed by atoms with Gasteiger partial charge in [-0.05, 0) is 81.3 Å². The zero-order chi connectivity index (χ0) is 30.4. The van der Waals surface area contributed by atoms with Crippen molar-refractivity contribution in [1.29, 1.82) is 0 Å². The number of nitrogens with zero attached hydrogens (tertiary/aromatic N) is 3. The van der Waals surface area contributed by atoms with Crippen molar-refractivity contribution < 1.29 is 28.2 Å². The number of amides is 3. The molecule has 0 bridgehead atoms. The average Bonchev–Trinajstić information content (AvgIpc) is 2.96. The topological polar surface area (TPSA) is 79.4 Å². The fourth-order valence-electron chi connectivity index (χ4n) is 4.72. The van der Waals surface area contributed by atoms with Crippen molar-refractivity contribution in [2.24, 2.45) is 0 Å². The minimum atomic E-state index is -1.12. The van der Waals surface area contributed by atoms with E-state index in [4.69, 9.17) is 21.1 Å². The number of aryl methyl sites for hydroxylation is 1. The van der Waals surface area contributed by atoms with Gasteiger partial charge in [0, 0.05) is 31.9 Å². The normalized spacial score (nSPS) is 14.2. The summed E-state index contributed by atoms with van der Waals surface area (Å²) < 4.78 is 25.3. The molecule has 42 heavy (non-hydrogen) atoms. The Morgan fingerprint density at radius 3 is 2.10 bits per heavy atom. The summed E-state index contributed by atoms with van der Waals surface area (Å²) in [5, 5.41) is 0. The maximum atomic E-state index is 14.2. The Bertz CT molecular complexity index is 1400. The molecule has 0 spiro atoms. The first-order valence-corrected chi connectivity index (χ1v) is 14.2. The lowest BCUT2D eigenvalue weighted by Crippen LogP contribution is -2.54. The number of carbonyl (C=O) groups is 3. The molecule has 0 aliphatic carbocycles. The molecule has 1 atom stereocenters. The summed E-state index contributed by atoms with van der Waals surface area (Å²) in [4.78, 5) is 44.7. The molecule has 1 unspecified atom stereocenters. The van der Waals surface area contributed by atoms with Crippen LogP contribution in [0.15, 0.2) is 72.8 Å². The second kappa shape index (κ2) is 13.2. The van der Waals surface area contributed by atoms with Crippen LogP contribution in [-0.4, -0.2) is 65.4 Å². The third kappa shape index (κ3) is 7.59. The summed E-state index contributed by atoms with van der Waals surface area (Å²) in [5.41, 5.74) is 0.936. The molecule has 1 aliphatic heterocycles. The van der Waals surface area contributed by atoms with Crippen LogP contribution in [-0.2, 0) is 14.3 Å². The molecule has 0 aromatic heterocycles. The highest BCUT2D eigenvalue weighted by atomic mass is 35.5. The quantitative estimate of drug-likeness (QED) is 0.299. The number of ether oxygens (including phenoxy) is 2. The largest absolute Gasteiger partial charge is 0.457 e. The van der Waals surface area contributed by atoms with Crippen molar-refractivity contribution in [2.45, 2.75) is 39.3 Å². The van der Waals surface area contributed by atoms with Gasteiger partial charge in [-0.2, -0.15) is 0 Å². The Balaban J connectivity index is 1.65. The van der Waals surface area contributed by atoms with Crippen LogP contribution in [0, 0.1) is 12.7 Å². The van der Waals surface area contributed by atoms with Gasteiger partial charge in [0.05, 0.1) is 0 Å². The second-order valence-electron chi connectivity index (χ2n) is 11.0. The summed E-state index contributed by atoms with van der Waals surface area (Å²) in [5.74, 6) is -0.491. The van der Waals surface area contributed by atoms with E-state index >= 15 is 0 Å². The fourth-order valence-corrected chi connectivity index (χ4v) is 4.85. The zero-order valence-electron chi connectivity index (χ0n) is 24.2. The highest BCUT2D eigenvalue weighted by Gasteiger charge is 2.38. The number of para-hydroxylation sites is 1. The Labute approximate surface area is 250 Å². The third-order valence-electron chi connectivity index (χ3n) is 6.71. The van der Waals surface area contributed by atoms with Crippen LogP contribution in [0.1, 0.15) is 37.9 Å². The summed E-state index contributed by atoms with van der Waals surface area (Å²) in [6, 6.07) is 18.9. The van der Waals surface area contributed by atoms with Crippen molar-refractivity contribution in [1.82, 2.24) is 9.80 Å². The predicted octanol–water partition coefficient (Wildman–Crippen LogP) is 6.32. The molecule has 3 amide bonds. The van der Waals surface area contributed by atoms with E-state index in [-0.39, 0.29) is 38.0 Å². The van der Waals surface area contributed by atoms with Crippen molar-refractivity contribution in [3.8, 4) is 11.5 Å². The van der Waals surface area contributed by atoms with Crippen LogP contribution < -0.4 is 9.64 Å². The first kappa shape index (κ1) is 30.8. The number of hydrogen-bond donors (Lipinski definition) is 0. The molecule has 3 aromatic rings. The number of carbonyl (C=O) groups excluding carboxylic acids is 3. The fraction of sp³-hybridized carbons (Fsp3) is 0.344. The van der Waals surface area contributed by atoms with Gasteiger partial charge in [-0.1, -0.05) is 30.3 Å². The van der Waals surface area contributed by atoms with E-state index in [1.54, 1.807) is 48.8 Å². The summed E-state index contributed by atoms with van der Waals surface area (Å²) in [7, 11) is 0. The molecule has 0 N–H and O–H groups in total. The Kier molecular flexibility index (Phi) is 9.73. The average molecular weight is 596 g/mol. The van der Waals surface area contributed by atoms with Gasteiger partial charge in [0.1, 0.15) is 34.8 Å². The standard InChI is InChI=1S/C32H35ClFN3O5/c1-22-20-26(41-25-8-6-5-7-9-25)14-15-27(22)37(28(38)21-33)29(23-10-12-24(34)13-11-23)30(39)35-16-18-36(19-17-35)31(40)42-32(2,3)4/h5-15,20,29H,16-19,21H2,1-4H3. The lowest BCUT2D eigenvalue weighted by molar-refractivity contribution is -0.136. The number of alkyl halides is 1. The van der Waals surface area contributed by atoms with Gasteiger partial charge < -0.3 is 19.3 Å². The van der Waals surface area contributed by atoms with Crippen LogP contribution in [0.3, 0.4) is 0 Å². The SMILES string of the molecule is Cc1cc(Oc2ccccc2)ccc1N(C(=O)CCl)C(C(=O)N1CCN(C(=O)OC(C)(C)C)CC1)c1ccc(F)cc1. The Hall–Kier alpha value is -4.11. The maximum Gasteiger partial charge on any atom is 0.410 e. The van der Waals surface area contributed by atoms with E-state index in [1.807, 2.05) is 37.3 Å². The number of benzene rings is 3. The van der Waals surface area contributed by atoms with Crippen molar-refractivity contribution >= 4 is 35.2 Å². The zero-order valence-corrected chi connectivity index (χ0v) is 24.9. The molecular formula is C32H35ClFN3O5. The van der Waals surface area contributed by atoms with Crippen LogP contribution in [0.25, 0.3) is 0 Å². The molecule has 1 saturated heterocycles. The molecule has 1 aliphatic rings. The van der Waals surface area contributed by atoms with Gasteiger partial charge in [0.25, 0.3) is 5.91 Å². The monoisotopic (exact) mass is 595 g/mol. The van der Waals surface area contributed by atoms with Crippen LogP contribution in [0.2, 0.25) is 0 Å². The van der Waals surface area contributed by atoms with Crippen LogP contribution in [0.4, 0.5) is 14.9 Å². The van der Waals surface area contributed by atoms with Gasteiger partial charge in [-0.3, -0.25) is 14.5 Å². The maximum absolute atomic E-state index is 14.2. The summed E-state index contributed by atoms with van der Waals surface area (Å²) in [6.45, 7) is 8.21. The van der Waals surface area contributed by atoms with E-state index in [1.165, 1.54) is 29.2 Å². The number of hydrogen-bond acceptors (Lipinski definition) is 5. The molecule has 8 nitrogen and oxygen atoms in total. The van der Waals surface area contributed by atoms with E-state index in [2.05, 4.69) is 0 Å². The van der Waals surface area contributed by atoms with Crippen molar-refractivity contribution in [3.05, 3.63) is 89.7 Å². The highest BCUT2D eigenvalue weighted by Crippen LogP contribution is 2.35. The Morgan fingerprint density at radius 2 is 1.52 bits per heavy atom. The lowest BCUT2D eigenvalue weighted by Gasteiger charge is -2.39. The Morgan fingerprint density at radius 1 is 0.905 bits per heavy atom. The van der Waals surface area contributed by atoms with Crippen molar-refractivity contribution in [2.75, 3.05) is 37.0 Å². The van der Waals surface area contributed by atoms with Gasteiger partial charge >= 0.3 is 6.09 Å². The van der Waals surface area contributed by atoms with E-state index in [0.29, 0.717) is 28.3 Å². The molecule has 10 heteroatoms. The number of rotatable bonds is 7. The number of piperazine rings is 1. The first-order valence-electron chi connectivity index (χ1n) is 13.7. The molecule has 1 heterocycles. The molecule has 222 valence electrons. The highest BCUT2D eigenvalue weighted by molar-refractivity contribution is 6.30. The molecule has 1 fully saturated rings. The van der Waals surface area contributed by atoms with E-state index in [9.17, 15) is 18.8 Å². The molecule has 0 radical (unpaired) electrons. The smallest absolute Gasteiger partial charge is 0.410 e. The van der Waals surface area contributed by atoms with Crippen molar-refractivity contribution in [3.63, 3.8) is 0 Å². The van der Waals surface area contributed by atoms with Gasteiger partial charge in [-0.25, -0.2) is 9.18 Å². The number of halogens is 2. The van der Waals surface area contributed by atoms with Crippen LogP contribution >= 0.6 is 11.6 Å². The van der Waals surface area contributed by atoms with E-state index < -0.39 is 29.5 Å². The van der Waals surface area contributed by atoms with E-state index in [0.717, 1.165) is 0 Å². The summed E-state index contributed by atoms with van der Waals surface area (Å²) >= 11 is 6.08. The molecular weight excluding hydrogens is 561 g/mol. The van der Waals surface area contributed by atoms with Gasteiger partial charge in [0.2, 0.25) is 5.91 Å². The van der Waals surface area contributed by atoms with Crippen LogP contribution in [0.5, 0.6) is 11.5 Å². The lowest BCUT2D eigenvalue weighted by atomic mass is 10.0. The minimum Gasteiger partial charge on any atom is -0.457 e. The summed E-state index contributed by atoms with van der Waals surface area (Å²) in [6.07, 6.45) is -0.447. The first-order chi connectivity index (χ1) is 20.0. The predicted molar refractivity (Wildman–Crippen MR) is 159 cm³/mol. The molecule has 0 saturated carbocycles. The van der Waals surface area contributed by atoms with Gasteiger partial charge in [0.15, 0.2) is 0 Å². The third-order valence-corrected chi connectivity index (χ3v) is 6.94. The number of anilines is 1. The molecule has 3 aromatic carbocycles. The minimum absolute atomic E-state index is 0.238.